The fraction of sp³-hybridized carbons (Fsp3) is 0.650. The minimum atomic E-state index is 0.289. The number of rotatable bonds is 8. The van der Waals surface area contributed by atoms with Crippen LogP contribution in [0.4, 0.5) is 0 Å². The smallest absolute Gasteiger partial charge is 0.124 e. The lowest BCUT2D eigenvalue weighted by atomic mass is 10.0. The molecule has 0 aliphatic carbocycles. The van der Waals surface area contributed by atoms with Crippen molar-refractivity contribution in [3.05, 3.63) is 30.1 Å². The molecule has 3 rings (SSSR count). The normalized spacial score (nSPS) is 17.0. The van der Waals surface area contributed by atoms with Crippen molar-refractivity contribution in [1.82, 2.24) is 19.4 Å². The first-order valence-corrected chi connectivity index (χ1v) is 9.70. The minimum Gasteiger partial charge on any atom is -0.396 e. The van der Waals surface area contributed by atoms with E-state index in [1.165, 1.54) is 24.2 Å². The fourth-order valence-corrected chi connectivity index (χ4v) is 3.94. The topological polar surface area (TPSA) is 44.5 Å². The molecular formula is C20H32N4O. The molecule has 1 aliphatic rings. The summed E-state index contributed by atoms with van der Waals surface area (Å²) in [5, 5.41) is 9.01. The molecular weight excluding hydrogens is 312 g/mol. The van der Waals surface area contributed by atoms with E-state index in [4.69, 9.17) is 10.1 Å². The first kappa shape index (κ1) is 18.4. The van der Waals surface area contributed by atoms with Gasteiger partial charge >= 0.3 is 0 Å². The maximum atomic E-state index is 9.01. The molecule has 5 nitrogen and oxygen atoms in total. The van der Waals surface area contributed by atoms with E-state index in [2.05, 4.69) is 52.6 Å². The minimum absolute atomic E-state index is 0.289. The Kier molecular flexibility index (Phi) is 6.45. The Morgan fingerprint density at radius 2 is 2.00 bits per heavy atom. The van der Waals surface area contributed by atoms with Crippen molar-refractivity contribution < 1.29 is 5.11 Å². The molecule has 0 saturated carbocycles. The molecule has 5 heteroatoms. The molecule has 0 amide bonds. The van der Waals surface area contributed by atoms with Crippen LogP contribution in [0, 0.1) is 0 Å². The van der Waals surface area contributed by atoms with Crippen LogP contribution in [-0.2, 0) is 13.1 Å². The third-order valence-corrected chi connectivity index (χ3v) is 5.40. The van der Waals surface area contributed by atoms with Gasteiger partial charge in [-0.15, -0.1) is 0 Å². The van der Waals surface area contributed by atoms with Crippen molar-refractivity contribution in [3.8, 4) is 0 Å². The number of aromatic nitrogens is 2. The monoisotopic (exact) mass is 344 g/mol. The van der Waals surface area contributed by atoms with Gasteiger partial charge in [0.15, 0.2) is 0 Å². The van der Waals surface area contributed by atoms with E-state index in [1.807, 2.05) is 0 Å². The van der Waals surface area contributed by atoms with Gasteiger partial charge in [0.2, 0.25) is 0 Å². The van der Waals surface area contributed by atoms with Gasteiger partial charge in [0, 0.05) is 38.8 Å². The van der Waals surface area contributed by atoms with Crippen LogP contribution in [0.25, 0.3) is 11.0 Å². The van der Waals surface area contributed by atoms with Crippen LogP contribution >= 0.6 is 0 Å². The number of benzene rings is 1. The number of para-hydroxylation sites is 2. The summed E-state index contributed by atoms with van der Waals surface area (Å²) in [6, 6.07) is 9.13. The van der Waals surface area contributed by atoms with E-state index < -0.39 is 0 Å². The van der Waals surface area contributed by atoms with Gasteiger partial charge in [-0.1, -0.05) is 19.1 Å². The van der Waals surface area contributed by atoms with Crippen LogP contribution < -0.4 is 0 Å². The number of hydrogen-bond donors (Lipinski definition) is 1. The van der Waals surface area contributed by atoms with Gasteiger partial charge in [-0.05, 0) is 44.9 Å². The molecule has 1 saturated heterocycles. The Morgan fingerprint density at radius 1 is 1.24 bits per heavy atom. The van der Waals surface area contributed by atoms with E-state index in [0.29, 0.717) is 6.04 Å². The zero-order chi connectivity index (χ0) is 17.6. The van der Waals surface area contributed by atoms with Crippen molar-refractivity contribution in [2.45, 2.75) is 51.7 Å². The average molecular weight is 345 g/mol. The Hall–Kier alpha value is -1.43. The van der Waals surface area contributed by atoms with Crippen molar-refractivity contribution in [2.24, 2.45) is 0 Å². The zero-order valence-corrected chi connectivity index (χ0v) is 15.7. The average Bonchev–Trinajstić information content (AvgIpc) is 2.98. The molecule has 25 heavy (non-hydrogen) atoms. The van der Waals surface area contributed by atoms with E-state index in [1.54, 1.807) is 0 Å². The molecule has 0 radical (unpaired) electrons. The largest absolute Gasteiger partial charge is 0.396 e. The number of hydrogen-bond acceptors (Lipinski definition) is 4. The molecule has 0 atom stereocenters. The summed E-state index contributed by atoms with van der Waals surface area (Å²) < 4.78 is 2.40. The summed E-state index contributed by atoms with van der Waals surface area (Å²) in [4.78, 5) is 9.87. The van der Waals surface area contributed by atoms with Crippen molar-refractivity contribution >= 4 is 11.0 Å². The van der Waals surface area contributed by atoms with Crippen molar-refractivity contribution in [3.63, 3.8) is 0 Å². The van der Waals surface area contributed by atoms with Crippen LogP contribution in [0.3, 0.4) is 0 Å². The van der Waals surface area contributed by atoms with Gasteiger partial charge in [0.25, 0.3) is 0 Å². The standard InChI is InChI=1S/C20H32N4O/c1-3-11-24-19-8-5-4-7-18(19)21-20(24)16-23-13-9-17(10-14-23)22(2)12-6-15-25/h4-5,7-8,17,25H,3,6,9-16H2,1-2H3. The molecule has 0 spiro atoms. The van der Waals surface area contributed by atoms with Gasteiger partial charge in [-0.25, -0.2) is 4.98 Å². The third kappa shape index (κ3) is 4.40. The second kappa shape index (κ2) is 8.79. The lowest BCUT2D eigenvalue weighted by Crippen LogP contribution is -2.43. The quantitative estimate of drug-likeness (QED) is 0.800. The number of aliphatic hydroxyl groups excluding tert-OH is 1. The number of nitrogens with zero attached hydrogens (tertiary/aromatic N) is 4. The Labute approximate surface area is 151 Å². The zero-order valence-electron chi connectivity index (χ0n) is 15.7. The van der Waals surface area contributed by atoms with Gasteiger partial charge in [-0.2, -0.15) is 0 Å². The first-order chi connectivity index (χ1) is 12.2. The second-order valence-electron chi connectivity index (χ2n) is 7.23. The summed E-state index contributed by atoms with van der Waals surface area (Å²) in [5.74, 6) is 1.20. The Balaban J connectivity index is 1.62. The molecule has 2 heterocycles. The van der Waals surface area contributed by atoms with Crippen LogP contribution in [0.2, 0.25) is 0 Å². The fourth-order valence-electron chi connectivity index (χ4n) is 3.94. The van der Waals surface area contributed by atoms with E-state index in [9.17, 15) is 0 Å². The third-order valence-electron chi connectivity index (χ3n) is 5.40. The number of aliphatic hydroxyl groups is 1. The lowest BCUT2D eigenvalue weighted by molar-refractivity contribution is 0.115. The van der Waals surface area contributed by atoms with Gasteiger partial charge in [-0.3, -0.25) is 4.90 Å². The maximum absolute atomic E-state index is 9.01. The summed E-state index contributed by atoms with van der Waals surface area (Å²) >= 11 is 0. The summed E-state index contributed by atoms with van der Waals surface area (Å²) in [5.41, 5.74) is 2.38. The predicted molar refractivity (Wildman–Crippen MR) is 103 cm³/mol. The molecule has 1 aromatic heterocycles. The maximum Gasteiger partial charge on any atom is 0.124 e. The molecule has 0 bridgehead atoms. The van der Waals surface area contributed by atoms with Crippen LogP contribution in [0.15, 0.2) is 24.3 Å². The van der Waals surface area contributed by atoms with Gasteiger partial charge < -0.3 is 14.6 Å². The number of piperidine rings is 1. The predicted octanol–water partition coefficient (Wildman–Crippen LogP) is 2.72. The Bertz CT molecular complexity index is 661. The molecule has 1 fully saturated rings. The van der Waals surface area contributed by atoms with Crippen molar-refractivity contribution in [1.29, 1.82) is 0 Å². The number of imidazole rings is 1. The van der Waals surface area contributed by atoms with E-state index >= 15 is 0 Å². The molecule has 1 aliphatic heterocycles. The first-order valence-electron chi connectivity index (χ1n) is 9.70. The van der Waals surface area contributed by atoms with E-state index in [0.717, 1.165) is 51.1 Å². The SMILES string of the molecule is CCCn1c(CN2CCC(N(C)CCCO)CC2)nc2ccccc21. The molecule has 138 valence electrons. The van der Waals surface area contributed by atoms with Crippen molar-refractivity contribution in [2.75, 3.05) is 33.3 Å². The van der Waals surface area contributed by atoms with Crippen LogP contribution in [-0.4, -0.2) is 63.8 Å². The molecule has 1 N–H and O–H groups in total. The highest BCUT2D eigenvalue weighted by Crippen LogP contribution is 2.21. The molecule has 1 aromatic carbocycles. The highest BCUT2D eigenvalue weighted by molar-refractivity contribution is 5.75. The highest BCUT2D eigenvalue weighted by Gasteiger charge is 2.23. The summed E-state index contributed by atoms with van der Waals surface area (Å²) in [7, 11) is 2.19. The molecule has 0 unspecified atom stereocenters. The summed E-state index contributed by atoms with van der Waals surface area (Å²) in [6.07, 6.45) is 4.41. The van der Waals surface area contributed by atoms with Crippen LogP contribution in [0.1, 0.15) is 38.4 Å². The van der Waals surface area contributed by atoms with E-state index in [-0.39, 0.29) is 6.61 Å². The number of likely N-dealkylation sites (tertiary alicyclic amines) is 1. The second-order valence-corrected chi connectivity index (χ2v) is 7.23. The van der Waals surface area contributed by atoms with Crippen LogP contribution in [0.5, 0.6) is 0 Å². The van der Waals surface area contributed by atoms with Gasteiger partial charge in [0.05, 0.1) is 17.6 Å². The number of fused-ring (bicyclic) bond motifs is 1. The highest BCUT2D eigenvalue weighted by atomic mass is 16.3. The lowest BCUT2D eigenvalue weighted by Gasteiger charge is -2.36. The van der Waals surface area contributed by atoms with Gasteiger partial charge in [0.1, 0.15) is 5.82 Å². The summed E-state index contributed by atoms with van der Waals surface area (Å²) in [6.45, 7) is 7.75. The number of aryl methyl sites for hydroxylation is 1. The molecule has 2 aromatic rings. The Morgan fingerprint density at radius 3 is 2.72 bits per heavy atom.